The third-order valence-corrected chi connectivity index (χ3v) is 4.02. The summed E-state index contributed by atoms with van der Waals surface area (Å²) in [7, 11) is 4.56. The molecule has 1 aromatic heterocycles. The van der Waals surface area contributed by atoms with Crippen molar-refractivity contribution in [3.63, 3.8) is 0 Å². The van der Waals surface area contributed by atoms with Crippen molar-refractivity contribution in [2.24, 2.45) is 0 Å². The van der Waals surface area contributed by atoms with Gasteiger partial charge in [-0.3, -0.25) is 4.79 Å². The highest BCUT2D eigenvalue weighted by atomic mass is 32.2. The molecule has 0 aliphatic heterocycles. The molecule has 0 aliphatic carbocycles. The second-order valence-corrected chi connectivity index (χ2v) is 5.36. The summed E-state index contributed by atoms with van der Waals surface area (Å²) in [4.78, 5) is 12.4. The van der Waals surface area contributed by atoms with Crippen molar-refractivity contribution in [1.29, 1.82) is 0 Å². The number of thioether (sulfide) groups is 1. The normalized spacial score (nSPS) is 10.3. The van der Waals surface area contributed by atoms with Crippen LogP contribution in [0.5, 0.6) is 17.2 Å². The van der Waals surface area contributed by atoms with E-state index in [0.29, 0.717) is 34.3 Å². The number of ether oxygens (including phenoxy) is 3. The Morgan fingerprint density at radius 2 is 1.86 bits per heavy atom. The number of carbonyl (C=O) groups excluding carboxylic acids is 1. The molecule has 0 unspecified atom stereocenters. The lowest BCUT2D eigenvalue weighted by Crippen LogP contribution is -2.07. The van der Waals surface area contributed by atoms with E-state index in [1.165, 1.54) is 33.1 Å². The van der Waals surface area contributed by atoms with Crippen LogP contribution in [-0.4, -0.2) is 32.9 Å². The summed E-state index contributed by atoms with van der Waals surface area (Å²) < 4.78 is 21.1. The number of Topliss-reactive ketones (excluding diaryl/α,β-unsaturated/α-hetero) is 1. The van der Waals surface area contributed by atoms with Gasteiger partial charge < -0.3 is 18.6 Å². The maximum Gasteiger partial charge on any atom is 0.204 e. The monoisotopic (exact) mass is 322 g/mol. The van der Waals surface area contributed by atoms with Gasteiger partial charge in [-0.25, -0.2) is 0 Å². The van der Waals surface area contributed by atoms with E-state index in [-0.39, 0.29) is 5.78 Å². The molecule has 6 heteroatoms. The number of rotatable bonds is 8. The third-order valence-electron chi connectivity index (χ3n) is 3.06. The highest BCUT2D eigenvalue weighted by Gasteiger charge is 2.20. The van der Waals surface area contributed by atoms with Gasteiger partial charge in [0.2, 0.25) is 5.75 Å². The van der Waals surface area contributed by atoms with E-state index < -0.39 is 0 Å². The molecule has 0 fully saturated rings. The molecule has 0 aliphatic rings. The summed E-state index contributed by atoms with van der Waals surface area (Å²) >= 11 is 1.49. The maximum atomic E-state index is 12.4. The Morgan fingerprint density at radius 1 is 1.09 bits per heavy atom. The number of benzene rings is 1. The fourth-order valence-corrected chi connectivity index (χ4v) is 2.85. The second-order valence-electron chi connectivity index (χ2n) is 4.38. The number of ketones is 1. The van der Waals surface area contributed by atoms with Crippen LogP contribution in [0.25, 0.3) is 0 Å². The molecule has 0 radical (unpaired) electrons. The summed E-state index contributed by atoms with van der Waals surface area (Å²) in [6.45, 7) is 0. The lowest BCUT2D eigenvalue weighted by molar-refractivity contribution is 0.101. The average Bonchev–Trinajstić information content (AvgIpc) is 3.06. The van der Waals surface area contributed by atoms with Crippen LogP contribution in [0, 0.1) is 0 Å². The van der Waals surface area contributed by atoms with Crippen LogP contribution in [0.3, 0.4) is 0 Å². The van der Waals surface area contributed by atoms with Crippen LogP contribution in [0.15, 0.2) is 34.9 Å². The van der Waals surface area contributed by atoms with E-state index in [2.05, 4.69) is 0 Å². The highest BCUT2D eigenvalue weighted by molar-refractivity contribution is 7.99. The van der Waals surface area contributed by atoms with Gasteiger partial charge in [-0.05, 0) is 24.3 Å². The van der Waals surface area contributed by atoms with E-state index in [4.69, 9.17) is 18.6 Å². The van der Waals surface area contributed by atoms with Gasteiger partial charge in [0.05, 0.1) is 44.7 Å². The predicted octanol–water partition coefficient (Wildman–Crippen LogP) is 3.42. The molecule has 0 saturated heterocycles. The first-order valence-electron chi connectivity index (χ1n) is 6.63. The van der Waals surface area contributed by atoms with E-state index >= 15 is 0 Å². The number of hydrogen-bond acceptors (Lipinski definition) is 6. The molecule has 0 spiro atoms. The lowest BCUT2D eigenvalue weighted by Gasteiger charge is -2.14. The Bertz CT molecular complexity index is 622. The Kier molecular flexibility index (Phi) is 5.77. The summed E-state index contributed by atoms with van der Waals surface area (Å²) in [5.74, 6) is 3.13. The van der Waals surface area contributed by atoms with Gasteiger partial charge in [0.15, 0.2) is 17.3 Å². The van der Waals surface area contributed by atoms with Crippen molar-refractivity contribution in [2.75, 3.05) is 27.1 Å². The second kappa shape index (κ2) is 7.79. The van der Waals surface area contributed by atoms with Crippen LogP contribution in [0.4, 0.5) is 0 Å². The molecular formula is C16H18O5S. The number of methoxy groups -OCH3 is 3. The molecule has 2 rings (SSSR count). The van der Waals surface area contributed by atoms with Crippen LogP contribution >= 0.6 is 11.8 Å². The van der Waals surface area contributed by atoms with Crippen molar-refractivity contribution in [3.8, 4) is 17.2 Å². The maximum absolute atomic E-state index is 12.4. The number of carbonyl (C=O) groups is 1. The number of hydrogen-bond donors (Lipinski definition) is 0. The standard InChI is InChI=1S/C16H18O5S/c1-18-14-7-6-12(15(19-2)16(14)20-3)13(17)10-22-9-11-5-4-8-21-11/h4-8H,9-10H2,1-3H3. The molecular weight excluding hydrogens is 304 g/mol. The first kappa shape index (κ1) is 16.3. The summed E-state index contributed by atoms with van der Waals surface area (Å²) in [6.07, 6.45) is 1.62. The summed E-state index contributed by atoms with van der Waals surface area (Å²) in [6, 6.07) is 7.10. The minimum Gasteiger partial charge on any atom is -0.493 e. The van der Waals surface area contributed by atoms with Crippen molar-refractivity contribution in [1.82, 2.24) is 0 Å². The van der Waals surface area contributed by atoms with Crippen molar-refractivity contribution in [2.45, 2.75) is 5.75 Å². The largest absolute Gasteiger partial charge is 0.493 e. The van der Waals surface area contributed by atoms with Gasteiger partial charge >= 0.3 is 0 Å². The summed E-state index contributed by atoms with van der Waals surface area (Å²) in [5, 5.41) is 0. The van der Waals surface area contributed by atoms with E-state index in [1.807, 2.05) is 12.1 Å². The van der Waals surface area contributed by atoms with Crippen molar-refractivity contribution in [3.05, 3.63) is 41.9 Å². The average molecular weight is 322 g/mol. The first-order chi connectivity index (χ1) is 10.7. The van der Waals surface area contributed by atoms with Crippen molar-refractivity contribution < 1.29 is 23.4 Å². The van der Waals surface area contributed by atoms with Gasteiger partial charge in [-0.1, -0.05) is 0 Å². The highest BCUT2D eigenvalue weighted by Crippen LogP contribution is 2.40. The van der Waals surface area contributed by atoms with Crippen LogP contribution in [0.2, 0.25) is 0 Å². The fourth-order valence-electron chi connectivity index (χ4n) is 2.04. The molecule has 0 N–H and O–H groups in total. The van der Waals surface area contributed by atoms with E-state index in [9.17, 15) is 4.79 Å². The predicted molar refractivity (Wildman–Crippen MR) is 85.3 cm³/mol. The minimum absolute atomic E-state index is 0.0330. The van der Waals surface area contributed by atoms with Gasteiger partial charge in [-0.15, -0.1) is 11.8 Å². The van der Waals surface area contributed by atoms with Crippen LogP contribution in [0.1, 0.15) is 16.1 Å². The molecule has 2 aromatic rings. The Labute approximate surface area is 133 Å². The molecule has 22 heavy (non-hydrogen) atoms. The zero-order valence-corrected chi connectivity index (χ0v) is 13.6. The van der Waals surface area contributed by atoms with E-state index in [1.54, 1.807) is 18.4 Å². The Balaban J connectivity index is 2.11. The minimum atomic E-state index is -0.0330. The Morgan fingerprint density at radius 3 is 2.45 bits per heavy atom. The van der Waals surface area contributed by atoms with E-state index in [0.717, 1.165) is 5.76 Å². The molecule has 1 aromatic carbocycles. The van der Waals surface area contributed by atoms with Crippen LogP contribution in [-0.2, 0) is 5.75 Å². The molecule has 118 valence electrons. The van der Waals surface area contributed by atoms with Gasteiger partial charge in [0, 0.05) is 0 Å². The van der Waals surface area contributed by atoms with Gasteiger partial charge in [-0.2, -0.15) is 0 Å². The quantitative estimate of drug-likeness (QED) is 0.694. The first-order valence-corrected chi connectivity index (χ1v) is 7.79. The van der Waals surface area contributed by atoms with Gasteiger partial charge in [0.25, 0.3) is 0 Å². The number of furan rings is 1. The van der Waals surface area contributed by atoms with Crippen molar-refractivity contribution >= 4 is 17.5 Å². The Hall–Kier alpha value is -2.08. The van der Waals surface area contributed by atoms with Gasteiger partial charge in [0.1, 0.15) is 5.76 Å². The topological polar surface area (TPSA) is 57.9 Å². The molecule has 0 bridgehead atoms. The molecule has 0 atom stereocenters. The zero-order valence-electron chi connectivity index (χ0n) is 12.8. The van der Waals surface area contributed by atoms with Crippen LogP contribution < -0.4 is 14.2 Å². The lowest BCUT2D eigenvalue weighted by atomic mass is 10.1. The zero-order chi connectivity index (χ0) is 15.9. The molecule has 0 saturated carbocycles. The molecule has 1 heterocycles. The third kappa shape index (κ3) is 3.57. The summed E-state index contributed by atoms with van der Waals surface area (Å²) in [5.41, 5.74) is 0.479. The fraction of sp³-hybridized carbons (Fsp3) is 0.312. The molecule has 0 amide bonds. The SMILES string of the molecule is COc1ccc(C(=O)CSCc2ccco2)c(OC)c1OC. The smallest absolute Gasteiger partial charge is 0.204 e. The molecule has 5 nitrogen and oxygen atoms in total.